The van der Waals surface area contributed by atoms with Crippen LogP contribution in [0.5, 0.6) is 0 Å². The molecule has 0 aromatic heterocycles. The van der Waals surface area contributed by atoms with Crippen molar-refractivity contribution in [1.29, 1.82) is 0 Å². The van der Waals surface area contributed by atoms with Gasteiger partial charge in [-0.3, -0.25) is 4.90 Å². The van der Waals surface area contributed by atoms with Crippen LogP contribution in [0.1, 0.15) is 17.5 Å². The summed E-state index contributed by atoms with van der Waals surface area (Å²) in [6, 6.07) is 3.40. The molecule has 0 radical (unpaired) electrons. The maximum absolute atomic E-state index is 9.07. The van der Waals surface area contributed by atoms with Gasteiger partial charge in [-0.2, -0.15) is 0 Å². The van der Waals surface area contributed by atoms with E-state index < -0.39 is 6.29 Å². The molecule has 0 fully saturated rings. The Morgan fingerprint density at radius 1 is 0.952 bits per heavy atom. The number of anilines is 2. The Kier molecular flexibility index (Phi) is 7.41. The molecule has 120 valence electrons. The number of aliphatic hydroxyl groups excluding tert-OH is 3. The molecule has 7 heteroatoms. The number of rotatable bonds is 9. The fraction of sp³-hybridized carbons (Fsp3) is 0.571. The van der Waals surface area contributed by atoms with Gasteiger partial charge in [0.05, 0.1) is 13.2 Å². The lowest BCUT2D eigenvalue weighted by atomic mass is 9.98. The highest BCUT2D eigenvalue weighted by atomic mass is 16.5. The minimum atomic E-state index is -1.40. The van der Waals surface area contributed by atoms with Gasteiger partial charge in [-0.05, 0) is 29.7 Å². The molecular formula is C14H25N3O4. The van der Waals surface area contributed by atoms with E-state index >= 15 is 0 Å². The molecule has 1 aromatic rings. The molecule has 0 saturated heterocycles. The fourth-order valence-electron chi connectivity index (χ4n) is 2.26. The second-order valence-electron chi connectivity index (χ2n) is 4.94. The van der Waals surface area contributed by atoms with E-state index in [1.165, 1.54) is 0 Å². The molecule has 0 aliphatic carbocycles. The maximum Gasteiger partial charge on any atom is 0.151 e. The Labute approximate surface area is 124 Å². The van der Waals surface area contributed by atoms with Gasteiger partial charge >= 0.3 is 0 Å². The summed E-state index contributed by atoms with van der Waals surface area (Å²) < 4.78 is 0. The molecule has 1 aromatic carbocycles. The van der Waals surface area contributed by atoms with Crippen LogP contribution in [0.2, 0.25) is 0 Å². The molecule has 0 aliphatic heterocycles. The van der Waals surface area contributed by atoms with Crippen LogP contribution < -0.4 is 11.5 Å². The predicted octanol–water partition coefficient (Wildman–Crippen LogP) is -1.12. The van der Waals surface area contributed by atoms with Crippen molar-refractivity contribution < 1.29 is 20.4 Å². The number of aliphatic hydroxyl groups is 4. The van der Waals surface area contributed by atoms with E-state index in [1.807, 2.05) is 4.90 Å². The fourth-order valence-corrected chi connectivity index (χ4v) is 2.26. The summed E-state index contributed by atoms with van der Waals surface area (Å²) in [4.78, 5) is 1.87. The van der Waals surface area contributed by atoms with Crippen molar-refractivity contribution in [2.75, 3.05) is 37.8 Å². The van der Waals surface area contributed by atoms with Crippen molar-refractivity contribution >= 4 is 11.4 Å². The highest BCUT2D eigenvalue weighted by Gasteiger charge is 2.15. The van der Waals surface area contributed by atoms with E-state index in [-0.39, 0.29) is 19.6 Å². The average Bonchev–Trinajstić information content (AvgIpc) is 2.42. The Morgan fingerprint density at radius 3 is 1.95 bits per heavy atom. The molecule has 0 amide bonds. The third-order valence-electron chi connectivity index (χ3n) is 3.37. The van der Waals surface area contributed by atoms with Gasteiger partial charge in [0.15, 0.2) is 6.29 Å². The molecule has 1 rings (SSSR count). The molecule has 0 heterocycles. The molecule has 0 bridgehead atoms. The molecule has 7 nitrogen and oxygen atoms in total. The van der Waals surface area contributed by atoms with Crippen molar-refractivity contribution in [2.45, 2.75) is 25.7 Å². The van der Waals surface area contributed by atoms with Crippen molar-refractivity contribution in [1.82, 2.24) is 4.90 Å². The van der Waals surface area contributed by atoms with Crippen molar-refractivity contribution in [3.63, 3.8) is 0 Å². The molecular weight excluding hydrogens is 274 g/mol. The zero-order chi connectivity index (χ0) is 15.8. The SMILES string of the molecule is Nc1ccc(N)c(CN(CCO)CCO)c1CCC(O)O. The topological polar surface area (TPSA) is 136 Å². The van der Waals surface area contributed by atoms with Crippen LogP contribution in [0, 0.1) is 0 Å². The first-order chi connectivity index (χ1) is 9.99. The van der Waals surface area contributed by atoms with Crippen LogP contribution in [-0.2, 0) is 13.0 Å². The molecule has 21 heavy (non-hydrogen) atoms. The summed E-state index contributed by atoms with van der Waals surface area (Å²) >= 11 is 0. The van der Waals surface area contributed by atoms with Crippen LogP contribution in [0.25, 0.3) is 0 Å². The molecule has 0 unspecified atom stereocenters. The van der Waals surface area contributed by atoms with E-state index in [2.05, 4.69) is 0 Å². The van der Waals surface area contributed by atoms with E-state index in [9.17, 15) is 0 Å². The number of nitrogens with two attached hydrogens (primary N) is 2. The highest BCUT2D eigenvalue weighted by Crippen LogP contribution is 2.26. The molecule has 0 saturated carbocycles. The summed E-state index contributed by atoms with van der Waals surface area (Å²) in [6.07, 6.45) is -0.832. The molecule has 8 N–H and O–H groups in total. The molecule has 0 spiro atoms. The number of nitrogen functional groups attached to an aromatic ring is 2. The average molecular weight is 299 g/mol. The van der Waals surface area contributed by atoms with Crippen molar-refractivity contribution in [2.24, 2.45) is 0 Å². The van der Waals surface area contributed by atoms with E-state index in [0.29, 0.717) is 37.4 Å². The largest absolute Gasteiger partial charge is 0.398 e. The lowest BCUT2D eigenvalue weighted by Crippen LogP contribution is -2.30. The third kappa shape index (κ3) is 5.49. The molecule has 0 atom stereocenters. The Morgan fingerprint density at radius 2 is 1.48 bits per heavy atom. The van der Waals surface area contributed by atoms with Gasteiger partial charge in [-0.15, -0.1) is 0 Å². The number of benzene rings is 1. The Bertz CT molecular complexity index is 434. The van der Waals surface area contributed by atoms with Gasteiger partial charge in [0.2, 0.25) is 0 Å². The first-order valence-electron chi connectivity index (χ1n) is 6.95. The van der Waals surface area contributed by atoms with E-state index in [0.717, 1.165) is 11.1 Å². The summed E-state index contributed by atoms with van der Waals surface area (Å²) in [5.41, 5.74) is 14.7. The predicted molar refractivity (Wildman–Crippen MR) is 81.3 cm³/mol. The monoisotopic (exact) mass is 299 g/mol. The van der Waals surface area contributed by atoms with Gasteiger partial charge < -0.3 is 31.9 Å². The second kappa shape index (κ2) is 8.81. The zero-order valence-electron chi connectivity index (χ0n) is 12.1. The van der Waals surface area contributed by atoms with Gasteiger partial charge in [0, 0.05) is 37.4 Å². The zero-order valence-corrected chi connectivity index (χ0v) is 12.1. The van der Waals surface area contributed by atoms with Crippen LogP contribution in [-0.4, -0.2) is 57.9 Å². The standard InChI is InChI=1S/C14H25N3O4/c15-12-2-3-13(16)11(10(12)1-4-14(20)21)9-17(5-7-18)6-8-19/h2-3,14,18-21H,1,4-9,15-16H2. The van der Waals surface area contributed by atoms with E-state index in [4.69, 9.17) is 31.9 Å². The van der Waals surface area contributed by atoms with Crippen molar-refractivity contribution in [3.8, 4) is 0 Å². The van der Waals surface area contributed by atoms with Crippen molar-refractivity contribution in [3.05, 3.63) is 23.3 Å². The summed E-state index contributed by atoms with van der Waals surface area (Å²) in [6.45, 7) is 1.22. The summed E-state index contributed by atoms with van der Waals surface area (Å²) in [5.74, 6) is 0. The number of nitrogens with zero attached hydrogens (tertiary/aromatic N) is 1. The van der Waals surface area contributed by atoms with Gasteiger partial charge in [0.25, 0.3) is 0 Å². The van der Waals surface area contributed by atoms with Gasteiger partial charge in [-0.25, -0.2) is 0 Å². The first kappa shape index (κ1) is 17.7. The minimum absolute atomic E-state index is 0.0209. The second-order valence-corrected chi connectivity index (χ2v) is 4.94. The van der Waals surface area contributed by atoms with Crippen LogP contribution in [0.4, 0.5) is 11.4 Å². The van der Waals surface area contributed by atoms with Crippen LogP contribution in [0.15, 0.2) is 12.1 Å². The van der Waals surface area contributed by atoms with Crippen LogP contribution >= 0.6 is 0 Å². The normalized spacial score (nSPS) is 11.5. The smallest absolute Gasteiger partial charge is 0.151 e. The third-order valence-corrected chi connectivity index (χ3v) is 3.37. The van der Waals surface area contributed by atoms with Crippen LogP contribution in [0.3, 0.4) is 0 Å². The van der Waals surface area contributed by atoms with E-state index in [1.54, 1.807) is 12.1 Å². The summed E-state index contributed by atoms with van der Waals surface area (Å²) in [5, 5.41) is 36.2. The van der Waals surface area contributed by atoms with Gasteiger partial charge in [0.1, 0.15) is 0 Å². The lowest BCUT2D eigenvalue weighted by Gasteiger charge is -2.24. The molecule has 0 aliphatic rings. The summed E-state index contributed by atoms with van der Waals surface area (Å²) in [7, 11) is 0. The number of hydrogen-bond donors (Lipinski definition) is 6. The number of hydrogen-bond acceptors (Lipinski definition) is 7. The first-order valence-corrected chi connectivity index (χ1v) is 6.95. The highest BCUT2D eigenvalue weighted by molar-refractivity contribution is 5.62. The lowest BCUT2D eigenvalue weighted by molar-refractivity contribution is -0.0447. The quantitative estimate of drug-likeness (QED) is 0.251. The Hall–Kier alpha value is -1.38. The Balaban J connectivity index is 2.99. The maximum atomic E-state index is 9.07. The van der Waals surface area contributed by atoms with Gasteiger partial charge in [-0.1, -0.05) is 0 Å². The minimum Gasteiger partial charge on any atom is -0.398 e.